The Labute approximate surface area is 181 Å². The maximum absolute atomic E-state index is 13.1. The summed E-state index contributed by atoms with van der Waals surface area (Å²) in [5.41, 5.74) is 6.33. The maximum Gasteiger partial charge on any atom is 0.251 e. The van der Waals surface area contributed by atoms with Crippen molar-refractivity contribution in [3.8, 4) is 0 Å². The highest BCUT2D eigenvalue weighted by atomic mass is 32.2. The van der Waals surface area contributed by atoms with Crippen molar-refractivity contribution in [1.29, 1.82) is 0 Å². The molecule has 2 aromatic carbocycles. The molecule has 1 atom stereocenters. The lowest BCUT2D eigenvalue weighted by atomic mass is 9.98. The number of hydrogen-bond acceptors (Lipinski definition) is 4. The maximum atomic E-state index is 13.1. The molecular formula is C22H26FN3O4S. The smallest absolute Gasteiger partial charge is 0.251 e. The minimum Gasteiger partial charge on any atom is -0.369 e. The summed E-state index contributed by atoms with van der Waals surface area (Å²) in [6.07, 6.45) is 3.85. The van der Waals surface area contributed by atoms with Gasteiger partial charge in [-0.2, -0.15) is 0 Å². The van der Waals surface area contributed by atoms with E-state index in [1.165, 1.54) is 36.4 Å². The molecule has 0 spiro atoms. The highest BCUT2D eigenvalue weighted by molar-refractivity contribution is 7.89. The van der Waals surface area contributed by atoms with Gasteiger partial charge in [0.25, 0.3) is 5.91 Å². The van der Waals surface area contributed by atoms with Gasteiger partial charge in [-0.3, -0.25) is 9.59 Å². The summed E-state index contributed by atoms with van der Waals surface area (Å²) in [4.78, 5) is 24.4. The average Bonchev–Trinajstić information content (AvgIpc) is 3.24. The molecule has 166 valence electrons. The number of rotatable bonds is 9. The SMILES string of the molecule is NC(=O)C(CNC(=O)c1cccc(S(=O)(=O)NC2CCCC2)c1)Cc1ccc(F)cc1. The molecular weight excluding hydrogens is 421 g/mol. The molecule has 1 saturated carbocycles. The molecule has 1 aliphatic carbocycles. The lowest BCUT2D eigenvalue weighted by molar-refractivity contribution is -0.121. The van der Waals surface area contributed by atoms with E-state index in [2.05, 4.69) is 10.0 Å². The highest BCUT2D eigenvalue weighted by Gasteiger charge is 2.24. The van der Waals surface area contributed by atoms with Crippen molar-refractivity contribution in [3.05, 3.63) is 65.5 Å². The number of primary amides is 1. The van der Waals surface area contributed by atoms with Gasteiger partial charge in [-0.15, -0.1) is 0 Å². The molecule has 1 unspecified atom stereocenters. The molecule has 0 bridgehead atoms. The van der Waals surface area contributed by atoms with Crippen LogP contribution in [0.3, 0.4) is 0 Å². The Bertz CT molecular complexity index is 1030. The van der Waals surface area contributed by atoms with E-state index < -0.39 is 27.8 Å². The van der Waals surface area contributed by atoms with E-state index >= 15 is 0 Å². The lowest BCUT2D eigenvalue weighted by Gasteiger charge is -2.15. The van der Waals surface area contributed by atoms with Gasteiger partial charge in [0.1, 0.15) is 5.82 Å². The van der Waals surface area contributed by atoms with E-state index in [9.17, 15) is 22.4 Å². The molecule has 0 heterocycles. The van der Waals surface area contributed by atoms with Gasteiger partial charge >= 0.3 is 0 Å². The van der Waals surface area contributed by atoms with Crippen LogP contribution in [0.5, 0.6) is 0 Å². The third kappa shape index (κ3) is 6.35. The molecule has 4 N–H and O–H groups in total. The van der Waals surface area contributed by atoms with E-state index in [1.54, 1.807) is 12.1 Å². The van der Waals surface area contributed by atoms with Gasteiger partial charge < -0.3 is 11.1 Å². The normalized spacial score (nSPS) is 15.5. The predicted octanol–water partition coefficient (Wildman–Crippen LogP) is 2.12. The molecule has 7 nitrogen and oxygen atoms in total. The van der Waals surface area contributed by atoms with Crippen LogP contribution in [-0.2, 0) is 21.2 Å². The van der Waals surface area contributed by atoms with E-state index in [4.69, 9.17) is 5.73 Å². The Morgan fingerprint density at radius 2 is 1.77 bits per heavy atom. The Hall–Kier alpha value is -2.78. The molecule has 1 fully saturated rings. The number of carbonyl (C=O) groups is 2. The first-order valence-electron chi connectivity index (χ1n) is 10.2. The molecule has 3 rings (SSSR count). The van der Waals surface area contributed by atoms with Crippen molar-refractivity contribution in [3.63, 3.8) is 0 Å². The van der Waals surface area contributed by atoms with Crippen LogP contribution < -0.4 is 15.8 Å². The van der Waals surface area contributed by atoms with Gasteiger partial charge in [0.15, 0.2) is 0 Å². The number of benzene rings is 2. The number of nitrogens with two attached hydrogens (primary N) is 1. The third-order valence-corrected chi connectivity index (χ3v) is 6.91. The van der Waals surface area contributed by atoms with E-state index in [0.29, 0.717) is 5.56 Å². The highest BCUT2D eigenvalue weighted by Crippen LogP contribution is 2.21. The molecule has 31 heavy (non-hydrogen) atoms. The molecule has 0 radical (unpaired) electrons. The largest absolute Gasteiger partial charge is 0.369 e. The summed E-state index contributed by atoms with van der Waals surface area (Å²) in [6.45, 7) is -0.0250. The van der Waals surface area contributed by atoms with Crippen molar-refractivity contribution >= 4 is 21.8 Å². The van der Waals surface area contributed by atoms with Crippen LogP contribution in [0.25, 0.3) is 0 Å². The van der Waals surface area contributed by atoms with Crippen molar-refractivity contribution in [2.24, 2.45) is 11.7 Å². The van der Waals surface area contributed by atoms with Crippen LogP contribution in [0.2, 0.25) is 0 Å². The van der Waals surface area contributed by atoms with Gasteiger partial charge in [-0.05, 0) is 55.2 Å². The fraction of sp³-hybridized carbons (Fsp3) is 0.364. The monoisotopic (exact) mass is 447 g/mol. The number of hydrogen-bond donors (Lipinski definition) is 3. The second-order valence-corrected chi connectivity index (χ2v) is 9.48. The van der Waals surface area contributed by atoms with Crippen molar-refractivity contribution in [2.75, 3.05) is 6.54 Å². The summed E-state index contributed by atoms with van der Waals surface area (Å²) < 4.78 is 41.0. The fourth-order valence-corrected chi connectivity index (χ4v) is 4.98. The first-order valence-corrected chi connectivity index (χ1v) is 11.7. The van der Waals surface area contributed by atoms with Crippen molar-refractivity contribution in [2.45, 2.75) is 43.0 Å². The fourth-order valence-electron chi connectivity index (χ4n) is 3.63. The Morgan fingerprint density at radius 3 is 2.42 bits per heavy atom. The first-order chi connectivity index (χ1) is 14.7. The summed E-state index contributed by atoms with van der Waals surface area (Å²) in [5, 5.41) is 2.63. The molecule has 1 aliphatic rings. The molecule has 0 saturated heterocycles. The zero-order chi connectivity index (χ0) is 22.4. The second-order valence-electron chi connectivity index (χ2n) is 7.77. The number of halogens is 1. The van der Waals surface area contributed by atoms with Gasteiger partial charge in [-0.1, -0.05) is 31.0 Å². The molecule has 2 amide bonds. The van der Waals surface area contributed by atoms with Crippen LogP contribution in [0.15, 0.2) is 53.4 Å². The van der Waals surface area contributed by atoms with Gasteiger partial charge in [-0.25, -0.2) is 17.5 Å². The summed E-state index contributed by atoms with van der Waals surface area (Å²) in [7, 11) is -3.72. The zero-order valence-electron chi connectivity index (χ0n) is 17.0. The Balaban J connectivity index is 1.64. The van der Waals surface area contributed by atoms with Crippen LogP contribution in [0.4, 0.5) is 4.39 Å². The topological polar surface area (TPSA) is 118 Å². The van der Waals surface area contributed by atoms with E-state index in [1.807, 2.05) is 0 Å². The van der Waals surface area contributed by atoms with Gasteiger partial charge in [0.05, 0.1) is 10.8 Å². The summed E-state index contributed by atoms with van der Waals surface area (Å²) in [6, 6.07) is 11.4. The van der Waals surface area contributed by atoms with Crippen LogP contribution in [0.1, 0.15) is 41.6 Å². The lowest BCUT2D eigenvalue weighted by Crippen LogP contribution is -2.37. The summed E-state index contributed by atoms with van der Waals surface area (Å²) in [5.74, 6) is -2.18. The van der Waals surface area contributed by atoms with Crippen molar-refractivity contribution in [1.82, 2.24) is 10.0 Å². The predicted molar refractivity (Wildman–Crippen MR) is 114 cm³/mol. The zero-order valence-corrected chi connectivity index (χ0v) is 17.8. The first kappa shape index (κ1) is 22.9. The molecule has 0 aliphatic heterocycles. The standard InChI is InChI=1S/C22H26FN3O4S/c23-18-10-8-15(9-11-18)12-17(21(24)27)14-25-22(28)16-4-3-7-20(13-16)31(29,30)26-19-5-1-2-6-19/h3-4,7-11,13,17,19,26H,1-2,5-6,12,14H2,(H2,24,27)(H,25,28). The second kappa shape index (κ2) is 10.0. The van der Waals surface area contributed by atoms with E-state index in [0.717, 1.165) is 25.7 Å². The quantitative estimate of drug-likeness (QED) is 0.546. The van der Waals surface area contributed by atoms with Crippen LogP contribution in [0, 0.1) is 11.7 Å². The Morgan fingerprint density at radius 1 is 1.10 bits per heavy atom. The van der Waals surface area contributed by atoms with E-state index in [-0.39, 0.29) is 35.3 Å². The minimum atomic E-state index is -3.72. The third-order valence-electron chi connectivity index (χ3n) is 5.39. The number of sulfonamides is 1. The number of nitrogens with one attached hydrogen (secondary N) is 2. The molecule has 0 aromatic heterocycles. The van der Waals surface area contributed by atoms with Crippen molar-refractivity contribution < 1.29 is 22.4 Å². The summed E-state index contributed by atoms with van der Waals surface area (Å²) >= 11 is 0. The number of carbonyl (C=O) groups excluding carboxylic acids is 2. The van der Waals surface area contributed by atoms with Crippen LogP contribution >= 0.6 is 0 Å². The number of amides is 2. The molecule has 2 aromatic rings. The average molecular weight is 448 g/mol. The van der Waals surface area contributed by atoms with Crippen LogP contribution in [-0.4, -0.2) is 32.8 Å². The minimum absolute atomic E-state index is 0.0183. The van der Waals surface area contributed by atoms with Gasteiger partial charge in [0.2, 0.25) is 15.9 Å². The van der Waals surface area contributed by atoms with Gasteiger partial charge in [0, 0.05) is 18.2 Å². The molecule has 9 heteroatoms. The Kier molecular flexibility index (Phi) is 7.40.